The Bertz CT molecular complexity index is 1120. The van der Waals surface area contributed by atoms with Crippen molar-refractivity contribution in [2.24, 2.45) is 0 Å². The molecule has 1 aromatic heterocycles. The fourth-order valence-corrected chi connectivity index (χ4v) is 2.83. The van der Waals surface area contributed by atoms with Crippen molar-refractivity contribution in [2.45, 2.75) is 13.3 Å². The van der Waals surface area contributed by atoms with E-state index < -0.39 is 16.7 Å². The second kappa shape index (κ2) is 10.0. The number of furan rings is 1. The van der Waals surface area contributed by atoms with Gasteiger partial charge in [0.2, 0.25) is 0 Å². The van der Waals surface area contributed by atoms with Crippen LogP contribution in [0.4, 0.5) is 5.69 Å². The molecule has 2 N–H and O–H groups in total. The number of nitrogens with one attached hydrogen (secondary N) is 2. The van der Waals surface area contributed by atoms with Crippen LogP contribution in [0.1, 0.15) is 29.5 Å². The third kappa shape index (κ3) is 5.45. The van der Waals surface area contributed by atoms with E-state index >= 15 is 0 Å². The summed E-state index contributed by atoms with van der Waals surface area (Å²) in [7, 11) is 0. The molecule has 0 aliphatic rings. The maximum atomic E-state index is 12.6. The van der Waals surface area contributed by atoms with Gasteiger partial charge < -0.3 is 15.1 Å². The molecule has 0 aliphatic carbocycles. The number of carbonyl (C=O) groups excluding carboxylic acids is 2. The number of benzene rings is 2. The molecule has 3 aromatic rings. The second-order valence-corrected chi connectivity index (χ2v) is 6.61. The van der Waals surface area contributed by atoms with Gasteiger partial charge in [-0.25, -0.2) is 0 Å². The van der Waals surface area contributed by atoms with Crippen LogP contribution in [0.5, 0.6) is 0 Å². The molecule has 158 valence electrons. The van der Waals surface area contributed by atoms with Gasteiger partial charge in [0.05, 0.1) is 10.5 Å². The van der Waals surface area contributed by atoms with Crippen LogP contribution < -0.4 is 10.6 Å². The molecule has 0 spiro atoms. The zero-order valence-corrected chi connectivity index (χ0v) is 16.8. The number of nitro groups is 1. The average Bonchev–Trinajstić information content (AvgIpc) is 3.26. The molecule has 1 heterocycles. The number of para-hydroxylation sites is 1. The monoisotopic (exact) mass is 419 g/mol. The van der Waals surface area contributed by atoms with Crippen molar-refractivity contribution in [1.82, 2.24) is 10.6 Å². The van der Waals surface area contributed by atoms with Gasteiger partial charge >= 0.3 is 0 Å². The lowest BCUT2D eigenvalue weighted by Crippen LogP contribution is -2.35. The van der Waals surface area contributed by atoms with Gasteiger partial charge in [0.1, 0.15) is 17.2 Å². The van der Waals surface area contributed by atoms with Crippen molar-refractivity contribution >= 4 is 23.6 Å². The summed E-state index contributed by atoms with van der Waals surface area (Å²) < 4.78 is 5.72. The van der Waals surface area contributed by atoms with Crippen molar-refractivity contribution in [2.75, 3.05) is 6.54 Å². The third-order valence-corrected chi connectivity index (χ3v) is 4.34. The smallest absolute Gasteiger partial charge is 0.280 e. The lowest BCUT2D eigenvalue weighted by Gasteiger charge is -2.10. The van der Waals surface area contributed by atoms with E-state index in [4.69, 9.17) is 4.42 Å². The number of carbonyl (C=O) groups is 2. The Morgan fingerprint density at radius 1 is 1.03 bits per heavy atom. The molecule has 0 saturated heterocycles. The maximum Gasteiger partial charge on any atom is 0.280 e. The summed E-state index contributed by atoms with van der Waals surface area (Å²) in [5.74, 6) is -0.358. The zero-order valence-electron chi connectivity index (χ0n) is 16.8. The molecular formula is C23H21N3O5. The molecule has 0 radical (unpaired) electrons. The molecule has 8 nitrogen and oxygen atoms in total. The highest BCUT2D eigenvalue weighted by molar-refractivity contribution is 6.05. The Hall–Kier alpha value is -4.20. The average molecular weight is 419 g/mol. The molecular weight excluding hydrogens is 398 g/mol. The first kappa shape index (κ1) is 21.5. The summed E-state index contributed by atoms with van der Waals surface area (Å²) in [5.41, 5.74) is 0.630. The molecule has 0 bridgehead atoms. The molecule has 0 fully saturated rings. The summed E-state index contributed by atoms with van der Waals surface area (Å²) in [4.78, 5) is 35.9. The Balaban J connectivity index is 1.91. The molecule has 0 saturated carbocycles. The van der Waals surface area contributed by atoms with Crippen molar-refractivity contribution in [3.05, 3.63) is 93.9 Å². The summed E-state index contributed by atoms with van der Waals surface area (Å²) in [6, 6.07) is 17.9. The van der Waals surface area contributed by atoms with Crippen molar-refractivity contribution in [3.8, 4) is 11.3 Å². The summed E-state index contributed by atoms with van der Waals surface area (Å²) in [5, 5.41) is 16.6. The van der Waals surface area contributed by atoms with Crippen molar-refractivity contribution in [1.29, 1.82) is 0 Å². The first-order valence-corrected chi connectivity index (χ1v) is 9.69. The Kier molecular flexibility index (Phi) is 6.95. The number of hydrogen-bond donors (Lipinski definition) is 2. The van der Waals surface area contributed by atoms with Gasteiger partial charge in [0, 0.05) is 24.3 Å². The minimum atomic E-state index is -0.489. The number of rotatable bonds is 8. The molecule has 2 amide bonds. The van der Waals surface area contributed by atoms with Crippen LogP contribution in [-0.2, 0) is 4.79 Å². The van der Waals surface area contributed by atoms with Crippen LogP contribution in [0.2, 0.25) is 0 Å². The molecule has 0 unspecified atom stereocenters. The van der Waals surface area contributed by atoms with Crippen LogP contribution in [0.15, 0.2) is 76.8 Å². The minimum absolute atomic E-state index is 0.00534. The van der Waals surface area contributed by atoms with Crippen LogP contribution in [0.25, 0.3) is 17.4 Å². The number of nitro benzene ring substituents is 1. The molecule has 2 aromatic carbocycles. The minimum Gasteiger partial charge on any atom is -0.456 e. The van der Waals surface area contributed by atoms with E-state index in [2.05, 4.69) is 10.6 Å². The highest BCUT2D eigenvalue weighted by atomic mass is 16.6. The van der Waals surface area contributed by atoms with Gasteiger partial charge in [0.25, 0.3) is 17.5 Å². The number of nitrogens with zero attached hydrogens (tertiary/aromatic N) is 1. The van der Waals surface area contributed by atoms with E-state index in [1.54, 1.807) is 60.7 Å². The largest absolute Gasteiger partial charge is 0.456 e. The first-order valence-electron chi connectivity index (χ1n) is 9.69. The van der Waals surface area contributed by atoms with Gasteiger partial charge in [-0.2, -0.15) is 0 Å². The van der Waals surface area contributed by atoms with Gasteiger partial charge in [-0.1, -0.05) is 37.3 Å². The maximum absolute atomic E-state index is 12.6. The van der Waals surface area contributed by atoms with Gasteiger partial charge in [-0.3, -0.25) is 19.7 Å². The third-order valence-electron chi connectivity index (χ3n) is 4.34. The topological polar surface area (TPSA) is 114 Å². The zero-order chi connectivity index (χ0) is 22.2. The Morgan fingerprint density at radius 3 is 2.45 bits per heavy atom. The standard InChI is InChI=1S/C23H21N3O5/c1-2-14-24-23(28)19(25-22(27)16-8-4-3-5-9-16)15-17-12-13-21(31-17)18-10-6-7-11-20(18)26(29)30/h3-13,15H,2,14H2,1H3,(H,24,28)(H,25,27)/b19-15-. The first-order chi connectivity index (χ1) is 15.0. The molecule has 31 heavy (non-hydrogen) atoms. The van der Waals surface area contributed by atoms with E-state index in [-0.39, 0.29) is 22.9 Å². The SMILES string of the molecule is CCCNC(=O)/C(=C/c1ccc(-c2ccccc2[N+](=O)[O-])o1)NC(=O)c1ccccc1. The van der Waals surface area contributed by atoms with E-state index in [1.165, 1.54) is 12.1 Å². The summed E-state index contributed by atoms with van der Waals surface area (Å²) >= 11 is 0. The lowest BCUT2D eigenvalue weighted by atomic mass is 10.1. The van der Waals surface area contributed by atoms with Crippen LogP contribution >= 0.6 is 0 Å². The summed E-state index contributed by atoms with van der Waals surface area (Å²) in [6.07, 6.45) is 2.12. The van der Waals surface area contributed by atoms with Crippen molar-refractivity contribution < 1.29 is 18.9 Å². The Labute approximate surface area is 178 Å². The van der Waals surface area contributed by atoms with Crippen molar-refractivity contribution in [3.63, 3.8) is 0 Å². The summed E-state index contributed by atoms with van der Waals surface area (Å²) in [6.45, 7) is 2.36. The van der Waals surface area contributed by atoms with Gasteiger partial charge in [0.15, 0.2) is 0 Å². The van der Waals surface area contributed by atoms with Gasteiger partial charge in [-0.15, -0.1) is 0 Å². The van der Waals surface area contributed by atoms with E-state index in [0.717, 1.165) is 6.42 Å². The van der Waals surface area contributed by atoms with E-state index in [0.29, 0.717) is 17.7 Å². The van der Waals surface area contributed by atoms with Crippen LogP contribution in [-0.4, -0.2) is 23.3 Å². The highest BCUT2D eigenvalue weighted by Crippen LogP contribution is 2.31. The fraction of sp³-hybridized carbons (Fsp3) is 0.130. The molecule has 3 rings (SSSR count). The lowest BCUT2D eigenvalue weighted by molar-refractivity contribution is -0.384. The predicted octanol–water partition coefficient (Wildman–Crippen LogP) is 4.15. The molecule has 0 atom stereocenters. The fourth-order valence-electron chi connectivity index (χ4n) is 2.83. The quantitative estimate of drug-likeness (QED) is 0.323. The van der Waals surface area contributed by atoms with Crippen LogP contribution in [0.3, 0.4) is 0 Å². The second-order valence-electron chi connectivity index (χ2n) is 6.61. The van der Waals surface area contributed by atoms with E-state index in [1.807, 2.05) is 6.92 Å². The Morgan fingerprint density at radius 2 is 1.74 bits per heavy atom. The molecule has 8 heteroatoms. The highest BCUT2D eigenvalue weighted by Gasteiger charge is 2.18. The van der Waals surface area contributed by atoms with E-state index in [9.17, 15) is 19.7 Å². The number of amides is 2. The van der Waals surface area contributed by atoms with Gasteiger partial charge in [-0.05, 0) is 36.8 Å². The number of hydrogen-bond acceptors (Lipinski definition) is 5. The normalized spacial score (nSPS) is 11.1. The predicted molar refractivity (Wildman–Crippen MR) is 116 cm³/mol. The molecule has 0 aliphatic heterocycles. The van der Waals surface area contributed by atoms with Crippen LogP contribution in [0, 0.1) is 10.1 Å².